The highest BCUT2D eigenvalue weighted by molar-refractivity contribution is 6.02. The minimum atomic E-state index is -0.322. The van der Waals surface area contributed by atoms with E-state index in [9.17, 15) is 18.8 Å². The number of carbonyl (C=O) groups excluding carboxylic acids is 3. The molecule has 1 heterocycles. The van der Waals surface area contributed by atoms with E-state index in [-0.39, 0.29) is 55.4 Å². The highest BCUT2D eigenvalue weighted by atomic mass is 19.1. The fourth-order valence-corrected chi connectivity index (χ4v) is 2.70. The van der Waals surface area contributed by atoms with Gasteiger partial charge in [0.25, 0.3) is 0 Å². The van der Waals surface area contributed by atoms with E-state index in [0.29, 0.717) is 6.54 Å². The lowest BCUT2D eigenvalue weighted by molar-refractivity contribution is -0.138. The lowest BCUT2D eigenvalue weighted by Crippen LogP contribution is -2.37. The van der Waals surface area contributed by atoms with E-state index in [1.165, 1.54) is 12.1 Å². The van der Waals surface area contributed by atoms with E-state index >= 15 is 0 Å². The van der Waals surface area contributed by atoms with Crippen LogP contribution in [-0.2, 0) is 14.4 Å². The number of rotatable bonds is 7. The fraction of sp³-hybridized carbons (Fsp3) is 0.471. The first-order valence-electron chi connectivity index (χ1n) is 7.90. The van der Waals surface area contributed by atoms with Gasteiger partial charge in [0, 0.05) is 32.4 Å². The third-order valence-corrected chi connectivity index (χ3v) is 4.07. The standard InChI is InChI=1S/C17H22FN3O3/c1-20(2)14(12-4-3-5-13(18)10-12)11-19-15(22)8-9-21-16(23)6-7-17(21)24/h3-5,10,14H,6-9,11H2,1-2H3,(H,19,22)/t14-/m0/s1. The molecule has 1 N–H and O–H groups in total. The Morgan fingerprint density at radius 2 is 1.96 bits per heavy atom. The average Bonchev–Trinajstić information content (AvgIpc) is 2.84. The van der Waals surface area contributed by atoms with Crippen LogP contribution in [0.2, 0.25) is 0 Å². The Hall–Kier alpha value is -2.28. The van der Waals surface area contributed by atoms with Gasteiger partial charge in [0.1, 0.15) is 5.82 Å². The molecule has 0 unspecified atom stereocenters. The SMILES string of the molecule is CN(C)[C@@H](CNC(=O)CCN1C(=O)CCC1=O)c1cccc(F)c1. The van der Waals surface area contributed by atoms with E-state index in [1.54, 1.807) is 6.07 Å². The Kier molecular flexibility index (Phi) is 6.03. The summed E-state index contributed by atoms with van der Waals surface area (Å²) in [5.41, 5.74) is 0.769. The molecular formula is C17H22FN3O3. The molecule has 1 aliphatic rings. The third-order valence-electron chi connectivity index (χ3n) is 4.07. The first-order valence-corrected chi connectivity index (χ1v) is 7.90. The molecule has 0 spiro atoms. The molecule has 1 aromatic rings. The molecule has 6 nitrogen and oxygen atoms in total. The van der Waals surface area contributed by atoms with Crippen molar-refractivity contribution < 1.29 is 18.8 Å². The molecule has 0 saturated carbocycles. The molecule has 1 aromatic carbocycles. The topological polar surface area (TPSA) is 69.7 Å². The highest BCUT2D eigenvalue weighted by Crippen LogP contribution is 2.18. The van der Waals surface area contributed by atoms with Crippen molar-refractivity contribution >= 4 is 17.7 Å². The van der Waals surface area contributed by atoms with Crippen molar-refractivity contribution in [1.29, 1.82) is 0 Å². The van der Waals surface area contributed by atoms with Crippen molar-refractivity contribution in [3.8, 4) is 0 Å². The zero-order valence-electron chi connectivity index (χ0n) is 13.9. The molecule has 0 radical (unpaired) electrons. The summed E-state index contributed by atoms with van der Waals surface area (Å²) in [5, 5.41) is 2.78. The number of halogens is 1. The van der Waals surface area contributed by atoms with Gasteiger partial charge in [0.15, 0.2) is 0 Å². The van der Waals surface area contributed by atoms with Crippen LogP contribution in [0.4, 0.5) is 4.39 Å². The summed E-state index contributed by atoms with van der Waals surface area (Å²) in [6, 6.07) is 6.09. The maximum atomic E-state index is 13.4. The number of likely N-dealkylation sites (tertiary alicyclic amines) is 1. The minimum Gasteiger partial charge on any atom is -0.354 e. The largest absolute Gasteiger partial charge is 0.354 e. The van der Waals surface area contributed by atoms with Crippen molar-refractivity contribution in [3.63, 3.8) is 0 Å². The summed E-state index contributed by atoms with van der Waals surface area (Å²) >= 11 is 0. The van der Waals surface area contributed by atoms with Crippen molar-refractivity contribution in [2.24, 2.45) is 0 Å². The molecule has 2 rings (SSSR count). The highest BCUT2D eigenvalue weighted by Gasteiger charge is 2.28. The molecule has 1 saturated heterocycles. The van der Waals surface area contributed by atoms with Crippen LogP contribution in [0.1, 0.15) is 30.9 Å². The van der Waals surface area contributed by atoms with E-state index in [4.69, 9.17) is 0 Å². The molecule has 0 aliphatic carbocycles. The second-order valence-electron chi connectivity index (χ2n) is 6.03. The smallest absolute Gasteiger partial charge is 0.229 e. The summed E-state index contributed by atoms with van der Waals surface area (Å²) in [4.78, 5) is 38.0. The zero-order chi connectivity index (χ0) is 17.7. The number of amides is 3. The van der Waals surface area contributed by atoms with E-state index in [2.05, 4.69) is 5.32 Å². The Morgan fingerprint density at radius 1 is 1.29 bits per heavy atom. The normalized spacial score (nSPS) is 15.9. The van der Waals surface area contributed by atoms with E-state index < -0.39 is 0 Å². The van der Waals surface area contributed by atoms with Crippen LogP contribution in [0.25, 0.3) is 0 Å². The van der Waals surface area contributed by atoms with Crippen molar-refractivity contribution in [2.75, 3.05) is 27.2 Å². The van der Waals surface area contributed by atoms with Gasteiger partial charge in [-0.25, -0.2) is 4.39 Å². The first-order chi connectivity index (χ1) is 11.4. The number of hydrogen-bond acceptors (Lipinski definition) is 4. The van der Waals surface area contributed by atoms with Gasteiger partial charge in [0.05, 0.1) is 6.04 Å². The molecule has 0 aromatic heterocycles. The number of imide groups is 1. The van der Waals surface area contributed by atoms with Crippen LogP contribution in [0, 0.1) is 5.82 Å². The Morgan fingerprint density at radius 3 is 2.54 bits per heavy atom. The number of nitrogens with zero attached hydrogens (tertiary/aromatic N) is 2. The van der Waals surface area contributed by atoms with Gasteiger partial charge < -0.3 is 10.2 Å². The fourth-order valence-electron chi connectivity index (χ4n) is 2.70. The molecule has 1 fully saturated rings. The lowest BCUT2D eigenvalue weighted by atomic mass is 10.1. The number of nitrogens with one attached hydrogen (secondary N) is 1. The van der Waals surface area contributed by atoms with Gasteiger partial charge in [-0.2, -0.15) is 0 Å². The second-order valence-corrected chi connectivity index (χ2v) is 6.03. The quantitative estimate of drug-likeness (QED) is 0.757. The number of likely N-dealkylation sites (N-methyl/N-ethyl adjacent to an activating group) is 1. The predicted molar refractivity (Wildman–Crippen MR) is 86.4 cm³/mol. The minimum absolute atomic E-state index is 0.0702. The Bertz CT molecular complexity index is 617. The summed E-state index contributed by atoms with van der Waals surface area (Å²) in [6.45, 7) is 0.424. The van der Waals surface area contributed by atoms with Crippen LogP contribution in [0.3, 0.4) is 0 Å². The molecular weight excluding hydrogens is 313 g/mol. The van der Waals surface area contributed by atoms with Crippen LogP contribution in [-0.4, -0.2) is 54.7 Å². The van der Waals surface area contributed by atoms with Gasteiger partial charge in [-0.1, -0.05) is 12.1 Å². The van der Waals surface area contributed by atoms with Gasteiger partial charge in [-0.3, -0.25) is 19.3 Å². The molecule has 7 heteroatoms. The van der Waals surface area contributed by atoms with Crippen LogP contribution >= 0.6 is 0 Å². The summed E-state index contributed by atoms with van der Waals surface area (Å²) in [6.07, 6.45) is 0.520. The van der Waals surface area contributed by atoms with Crippen LogP contribution in [0.5, 0.6) is 0 Å². The second kappa shape index (κ2) is 8.01. The van der Waals surface area contributed by atoms with E-state index in [0.717, 1.165) is 10.5 Å². The monoisotopic (exact) mass is 335 g/mol. The number of benzene rings is 1. The summed E-state index contributed by atoms with van der Waals surface area (Å²) < 4.78 is 13.4. The Labute approximate surface area is 140 Å². The molecule has 0 bridgehead atoms. The van der Waals surface area contributed by atoms with Gasteiger partial charge in [0.2, 0.25) is 17.7 Å². The summed E-state index contributed by atoms with van der Waals surface area (Å²) in [5.74, 6) is -1.01. The van der Waals surface area contributed by atoms with Gasteiger partial charge in [-0.05, 0) is 31.8 Å². The Balaban J connectivity index is 1.86. The molecule has 1 atom stereocenters. The molecule has 24 heavy (non-hydrogen) atoms. The van der Waals surface area contributed by atoms with E-state index in [1.807, 2.05) is 25.1 Å². The lowest BCUT2D eigenvalue weighted by Gasteiger charge is -2.25. The number of hydrogen-bond donors (Lipinski definition) is 1. The molecule has 3 amide bonds. The third kappa shape index (κ3) is 4.61. The van der Waals surface area contributed by atoms with Crippen molar-refractivity contribution in [3.05, 3.63) is 35.6 Å². The first kappa shape index (κ1) is 18.1. The van der Waals surface area contributed by atoms with Gasteiger partial charge >= 0.3 is 0 Å². The molecule has 130 valence electrons. The van der Waals surface area contributed by atoms with Gasteiger partial charge in [-0.15, -0.1) is 0 Å². The maximum Gasteiger partial charge on any atom is 0.229 e. The maximum absolute atomic E-state index is 13.4. The average molecular weight is 335 g/mol. The van der Waals surface area contributed by atoms with Crippen molar-refractivity contribution in [1.82, 2.24) is 15.1 Å². The summed E-state index contributed by atoms with van der Waals surface area (Å²) in [7, 11) is 3.70. The van der Waals surface area contributed by atoms with Crippen molar-refractivity contribution in [2.45, 2.75) is 25.3 Å². The zero-order valence-corrected chi connectivity index (χ0v) is 13.9. The van der Waals surface area contributed by atoms with Crippen LogP contribution < -0.4 is 5.32 Å². The predicted octanol–water partition coefficient (Wildman–Crippen LogP) is 1.08. The molecule has 1 aliphatic heterocycles. The number of carbonyl (C=O) groups is 3. The van der Waals surface area contributed by atoms with Crippen LogP contribution in [0.15, 0.2) is 24.3 Å².